The van der Waals surface area contributed by atoms with Crippen molar-refractivity contribution in [2.75, 3.05) is 18.2 Å². The molecule has 0 heterocycles. The Bertz CT molecular complexity index is 385. The molecular formula is C12H18N2O3. The molecule has 0 saturated heterocycles. The predicted octanol–water partition coefficient (Wildman–Crippen LogP) is 0.193. The normalized spacial score (nSPS) is 11.4. The highest BCUT2D eigenvalue weighted by Crippen LogP contribution is 2.21. The quantitative estimate of drug-likeness (QED) is 0.397. The number of hydrogen-bond acceptors (Lipinski definition) is 4. The second-order valence-corrected chi connectivity index (χ2v) is 4.39. The summed E-state index contributed by atoms with van der Waals surface area (Å²) in [4.78, 5) is 12.0. The van der Waals surface area contributed by atoms with Crippen molar-refractivity contribution in [1.82, 2.24) is 0 Å². The first-order valence-corrected chi connectivity index (χ1v) is 5.32. The molecule has 5 nitrogen and oxygen atoms in total. The van der Waals surface area contributed by atoms with Gasteiger partial charge in [0.15, 0.2) is 0 Å². The molecule has 0 aliphatic carbocycles. The summed E-state index contributed by atoms with van der Waals surface area (Å²) in [5.74, 6) is 5.17. The monoisotopic (exact) mass is 238 g/mol. The summed E-state index contributed by atoms with van der Waals surface area (Å²) in [6.45, 7) is 2.48. The van der Waals surface area contributed by atoms with Gasteiger partial charge < -0.3 is 10.2 Å². The predicted molar refractivity (Wildman–Crippen MR) is 65.1 cm³/mol. The van der Waals surface area contributed by atoms with E-state index >= 15 is 0 Å². The van der Waals surface area contributed by atoms with Crippen molar-refractivity contribution >= 4 is 11.6 Å². The fourth-order valence-corrected chi connectivity index (χ4v) is 1.30. The van der Waals surface area contributed by atoms with Crippen molar-refractivity contribution in [2.45, 2.75) is 13.8 Å². The van der Waals surface area contributed by atoms with Crippen molar-refractivity contribution in [2.24, 2.45) is 11.3 Å². The van der Waals surface area contributed by atoms with E-state index in [1.165, 1.54) is 6.92 Å². The van der Waals surface area contributed by atoms with Crippen LogP contribution < -0.4 is 10.9 Å². The number of hydrazine groups is 1. The minimum absolute atomic E-state index is 0.456. The van der Waals surface area contributed by atoms with Gasteiger partial charge in [-0.05, 0) is 26.0 Å². The first-order valence-electron chi connectivity index (χ1n) is 5.32. The lowest BCUT2D eigenvalue weighted by atomic mass is 9.91. The lowest BCUT2D eigenvalue weighted by Crippen LogP contribution is -2.50. The lowest BCUT2D eigenvalue weighted by Gasteiger charge is -2.28. The van der Waals surface area contributed by atoms with Gasteiger partial charge in [-0.2, -0.15) is 0 Å². The molecule has 0 aliphatic rings. The second-order valence-electron chi connectivity index (χ2n) is 4.39. The number of aliphatic hydroxyl groups is 2. The van der Waals surface area contributed by atoms with Crippen LogP contribution in [0.5, 0.6) is 0 Å². The molecule has 1 amide bonds. The summed E-state index contributed by atoms with van der Waals surface area (Å²) in [6.07, 6.45) is 0. The van der Waals surface area contributed by atoms with Crippen molar-refractivity contribution < 1.29 is 15.0 Å². The van der Waals surface area contributed by atoms with Crippen molar-refractivity contribution in [1.29, 1.82) is 0 Å². The summed E-state index contributed by atoms with van der Waals surface area (Å²) in [6, 6.07) is 7.08. The molecule has 0 unspecified atom stereocenters. The number of aryl methyl sites for hydroxylation is 1. The Kier molecular flexibility index (Phi) is 4.22. The Morgan fingerprint density at radius 2 is 1.76 bits per heavy atom. The van der Waals surface area contributed by atoms with Crippen LogP contribution >= 0.6 is 0 Å². The Morgan fingerprint density at radius 3 is 2.18 bits per heavy atom. The Hall–Kier alpha value is -1.43. The van der Waals surface area contributed by atoms with Crippen LogP contribution in [-0.2, 0) is 4.79 Å². The number of carbonyl (C=O) groups is 1. The number of carbonyl (C=O) groups excluding carboxylic acids is 1. The number of amides is 1. The number of rotatable bonds is 4. The van der Waals surface area contributed by atoms with Gasteiger partial charge in [0.2, 0.25) is 0 Å². The van der Waals surface area contributed by atoms with Crippen molar-refractivity contribution in [3.63, 3.8) is 0 Å². The third kappa shape index (κ3) is 2.82. The smallest absolute Gasteiger partial charge is 0.251 e. The van der Waals surface area contributed by atoms with E-state index in [0.29, 0.717) is 5.69 Å². The van der Waals surface area contributed by atoms with Gasteiger partial charge in [-0.3, -0.25) is 4.79 Å². The number of nitrogens with two attached hydrogens (primary N) is 1. The minimum atomic E-state index is -1.26. The summed E-state index contributed by atoms with van der Waals surface area (Å²) < 4.78 is 0. The van der Waals surface area contributed by atoms with E-state index in [-0.39, 0.29) is 0 Å². The van der Waals surface area contributed by atoms with Crippen LogP contribution in [-0.4, -0.2) is 29.3 Å². The minimum Gasteiger partial charge on any atom is -0.395 e. The molecule has 1 aromatic rings. The van der Waals surface area contributed by atoms with Gasteiger partial charge >= 0.3 is 0 Å². The molecule has 4 N–H and O–H groups in total. The zero-order chi connectivity index (χ0) is 13.1. The molecule has 1 aromatic carbocycles. The van der Waals surface area contributed by atoms with Gasteiger partial charge in [-0.15, -0.1) is 0 Å². The highest BCUT2D eigenvalue weighted by atomic mass is 16.3. The van der Waals surface area contributed by atoms with Crippen LogP contribution in [0, 0.1) is 12.3 Å². The van der Waals surface area contributed by atoms with Gasteiger partial charge in [-0.1, -0.05) is 17.7 Å². The summed E-state index contributed by atoms with van der Waals surface area (Å²) in [5, 5.41) is 19.2. The van der Waals surface area contributed by atoms with Crippen LogP contribution in [0.15, 0.2) is 24.3 Å². The average molecular weight is 238 g/mol. The second kappa shape index (κ2) is 5.27. The lowest BCUT2D eigenvalue weighted by molar-refractivity contribution is -0.132. The number of aliphatic hydroxyl groups excluding tert-OH is 2. The Labute approximate surface area is 100 Å². The first kappa shape index (κ1) is 13.6. The maximum Gasteiger partial charge on any atom is 0.251 e. The molecule has 0 atom stereocenters. The van der Waals surface area contributed by atoms with Gasteiger partial charge in [-0.25, -0.2) is 10.9 Å². The van der Waals surface area contributed by atoms with Crippen LogP contribution in [0.1, 0.15) is 12.5 Å². The highest BCUT2D eigenvalue weighted by Gasteiger charge is 2.35. The molecule has 94 valence electrons. The molecule has 0 saturated carbocycles. The highest BCUT2D eigenvalue weighted by molar-refractivity contribution is 5.96. The largest absolute Gasteiger partial charge is 0.395 e. The molecule has 5 heteroatoms. The molecule has 0 spiro atoms. The average Bonchev–Trinajstić information content (AvgIpc) is 2.37. The summed E-state index contributed by atoms with van der Waals surface area (Å²) in [7, 11) is 0. The van der Waals surface area contributed by atoms with E-state index in [1.54, 1.807) is 12.1 Å². The zero-order valence-electron chi connectivity index (χ0n) is 10.1. The fraction of sp³-hybridized carbons (Fsp3) is 0.417. The van der Waals surface area contributed by atoms with E-state index in [9.17, 15) is 4.79 Å². The molecule has 1 rings (SSSR count). The van der Waals surface area contributed by atoms with Gasteiger partial charge in [0.05, 0.1) is 24.3 Å². The fourth-order valence-electron chi connectivity index (χ4n) is 1.30. The molecule has 0 radical (unpaired) electrons. The summed E-state index contributed by atoms with van der Waals surface area (Å²) >= 11 is 0. The van der Waals surface area contributed by atoms with Gasteiger partial charge in [0.25, 0.3) is 5.91 Å². The number of anilines is 1. The van der Waals surface area contributed by atoms with Gasteiger partial charge in [0, 0.05) is 0 Å². The third-order valence-electron chi connectivity index (χ3n) is 2.75. The van der Waals surface area contributed by atoms with E-state index < -0.39 is 24.5 Å². The molecule has 0 aromatic heterocycles. The van der Waals surface area contributed by atoms with Crippen molar-refractivity contribution in [3.8, 4) is 0 Å². The Balaban J connectivity index is 2.93. The van der Waals surface area contributed by atoms with E-state index in [0.717, 1.165) is 10.6 Å². The van der Waals surface area contributed by atoms with Crippen LogP contribution in [0.25, 0.3) is 0 Å². The first-order chi connectivity index (χ1) is 7.94. The summed E-state index contributed by atoms with van der Waals surface area (Å²) in [5.41, 5.74) is 0.315. The zero-order valence-corrected chi connectivity index (χ0v) is 10.1. The van der Waals surface area contributed by atoms with Gasteiger partial charge in [0.1, 0.15) is 0 Å². The number of nitrogens with zero attached hydrogens (tertiary/aromatic N) is 1. The maximum atomic E-state index is 12.0. The standard InChI is InChI=1S/C12H18N2O3/c1-9-3-5-10(6-4-9)14(13)11(17)12(2,7-15)8-16/h3-6,15-16H,7-8,13H2,1-2H3. The molecule has 0 fully saturated rings. The maximum absolute atomic E-state index is 12.0. The Morgan fingerprint density at radius 1 is 1.29 bits per heavy atom. The number of benzene rings is 1. The SMILES string of the molecule is Cc1ccc(N(N)C(=O)C(C)(CO)CO)cc1. The third-order valence-corrected chi connectivity index (χ3v) is 2.75. The molecule has 0 bridgehead atoms. The van der Waals surface area contributed by atoms with Crippen molar-refractivity contribution in [3.05, 3.63) is 29.8 Å². The topological polar surface area (TPSA) is 86.8 Å². The molecule has 17 heavy (non-hydrogen) atoms. The molecule has 0 aliphatic heterocycles. The number of hydrogen-bond donors (Lipinski definition) is 3. The van der Waals surface area contributed by atoms with E-state index in [1.807, 2.05) is 19.1 Å². The van der Waals surface area contributed by atoms with Crippen LogP contribution in [0.2, 0.25) is 0 Å². The van der Waals surface area contributed by atoms with E-state index in [4.69, 9.17) is 16.1 Å². The molecular weight excluding hydrogens is 220 g/mol. The van der Waals surface area contributed by atoms with E-state index in [2.05, 4.69) is 0 Å². The van der Waals surface area contributed by atoms with Crippen LogP contribution in [0.3, 0.4) is 0 Å². The van der Waals surface area contributed by atoms with Crippen LogP contribution in [0.4, 0.5) is 5.69 Å².